The zero-order valence-electron chi connectivity index (χ0n) is 14.3. The Morgan fingerprint density at radius 1 is 0.960 bits per heavy atom. The van der Waals surface area contributed by atoms with E-state index >= 15 is 0 Å². The molecule has 0 fully saturated rings. The normalized spacial score (nSPS) is 11.4. The molecule has 25 heavy (non-hydrogen) atoms. The second kappa shape index (κ2) is 10.1. The third-order valence-corrected chi connectivity index (χ3v) is 3.79. The highest BCUT2D eigenvalue weighted by Crippen LogP contribution is 2.08. The van der Waals surface area contributed by atoms with E-state index in [1.54, 1.807) is 0 Å². The van der Waals surface area contributed by atoms with E-state index < -0.39 is 18.1 Å². The van der Waals surface area contributed by atoms with Crippen molar-refractivity contribution in [1.29, 1.82) is 0 Å². The van der Waals surface area contributed by atoms with Crippen molar-refractivity contribution in [3.05, 3.63) is 71.8 Å². The maximum atomic E-state index is 11.9. The molecule has 0 spiro atoms. The molecule has 0 bridgehead atoms. The summed E-state index contributed by atoms with van der Waals surface area (Å²) in [4.78, 5) is 23.8. The van der Waals surface area contributed by atoms with Gasteiger partial charge in [-0.1, -0.05) is 60.7 Å². The van der Waals surface area contributed by atoms with Gasteiger partial charge in [-0.2, -0.15) is 0 Å². The highest BCUT2D eigenvalue weighted by atomic mass is 16.6. The van der Waals surface area contributed by atoms with Crippen molar-refractivity contribution >= 4 is 12.1 Å². The van der Waals surface area contributed by atoms with Crippen LogP contribution in [0.4, 0.5) is 4.79 Å². The second-order valence-corrected chi connectivity index (χ2v) is 5.66. The minimum Gasteiger partial charge on any atom is -0.467 e. The van der Waals surface area contributed by atoms with E-state index in [9.17, 15) is 9.59 Å². The van der Waals surface area contributed by atoms with E-state index in [-0.39, 0.29) is 6.61 Å². The predicted octanol–water partition coefficient (Wildman–Crippen LogP) is 3.48. The molecule has 0 aromatic heterocycles. The molecule has 5 nitrogen and oxygen atoms in total. The Bertz CT molecular complexity index is 658. The van der Waals surface area contributed by atoms with E-state index in [2.05, 4.69) is 5.32 Å². The molecular weight excluding hydrogens is 318 g/mol. The summed E-state index contributed by atoms with van der Waals surface area (Å²) in [5.41, 5.74) is 2.08. The van der Waals surface area contributed by atoms with Crippen LogP contribution in [0.1, 0.15) is 24.0 Å². The molecule has 2 aromatic rings. The lowest BCUT2D eigenvalue weighted by molar-refractivity contribution is -0.143. The number of nitrogens with one attached hydrogen (secondary N) is 1. The Morgan fingerprint density at radius 2 is 1.56 bits per heavy atom. The third-order valence-electron chi connectivity index (χ3n) is 3.79. The number of amides is 1. The standard InChI is InChI=1S/C20H23NO4/c1-24-19(22)18(14-8-13-16-9-4-2-5-10-16)21-20(23)25-15-17-11-6-3-7-12-17/h2-7,9-12,18H,8,13-15H2,1H3,(H,21,23). The summed E-state index contributed by atoms with van der Waals surface area (Å²) in [6, 6.07) is 18.7. The number of aryl methyl sites for hydroxylation is 1. The number of alkyl carbamates (subject to hydrolysis) is 1. The zero-order chi connectivity index (χ0) is 17.9. The molecule has 132 valence electrons. The lowest BCUT2D eigenvalue weighted by atomic mass is 10.0. The maximum absolute atomic E-state index is 11.9. The molecule has 1 atom stereocenters. The average molecular weight is 341 g/mol. The van der Waals surface area contributed by atoms with Crippen LogP contribution >= 0.6 is 0 Å². The molecule has 0 aliphatic rings. The summed E-state index contributed by atoms with van der Waals surface area (Å²) < 4.78 is 9.93. The van der Waals surface area contributed by atoms with Gasteiger partial charge >= 0.3 is 12.1 Å². The number of methoxy groups -OCH3 is 1. The van der Waals surface area contributed by atoms with Gasteiger partial charge in [0.25, 0.3) is 0 Å². The number of carbonyl (C=O) groups excluding carboxylic acids is 2. The smallest absolute Gasteiger partial charge is 0.408 e. The van der Waals surface area contributed by atoms with Gasteiger partial charge in [-0.25, -0.2) is 9.59 Å². The molecule has 0 aliphatic carbocycles. The van der Waals surface area contributed by atoms with Crippen molar-refractivity contribution in [2.75, 3.05) is 7.11 Å². The SMILES string of the molecule is COC(=O)C(CCCc1ccccc1)NC(=O)OCc1ccccc1. The van der Waals surface area contributed by atoms with Gasteiger partial charge in [-0.15, -0.1) is 0 Å². The van der Waals surface area contributed by atoms with Crippen molar-refractivity contribution < 1.29 is 19.1 Å². The van der Waals surface area contributed by atoms with Crippen molar-refractivity contribution in [1.82, 2.24) is 5.32 Å². The van der Waals surface area contributed by atoms with Crippen LogP contribution in [0.2, 0.25) is 0 Å². The number of esters is 1. The fourth-order valence-corrected chi connectivity index (χ4v) is 2.45. The van der Waals surface area contributed by atoms with E-state index in [4.69, 9.17) is 9.47 Å². The predicted molar refractivity (Wildman–Crippen MR) is 94.9 cm³/mol. The Hall–Kier alpha value is -2.82. The third kappa shape index (κ3) is 6.67. The summed E-state index contributed by atoms with van der Waals surface area (Å²) in [5.74, 6) is -0.468. The van der Waals surface area contributed by atoms with Crippen molar-refractivity contribution in [3.8, 4) is 0 Å². The molecule has 0 saturated carbocycles. The molecular formula is C20H23NO4. The zero-order valence-corrected chi connectivity index (χ0v) is 14.3. The van der Waals surface area contributed by atoms with Crippen LogP contribution < -0.4 is 5.32 Å². The van der Waals surface area contributed by atoms with Crippen LogP contribution in [0.5, 0.6) is 0 Å². The number of benzene rings is 2. The van der Waals surface area contributed by atoms with Gasteiger partial charge in [0.05, 0.1) is 7.11 Å². The fraction of sp³-hybridized carbons (Fsp3) is 0.300. The minimum atomic E-state index is -0.711. The molecule has 1 N–H and O–H groups in total. The van der Waals surface area contributed by atoms with E-state index in [0.717, 1.165) is 18.4 Å². The van der Waals surface area contributed by atoms with E-state index in [1.807, 2.05) is 60.7 Å². The van der Waals surface area contributed by atoms with Gasteiger partial charge in [0.2, 0.25) is 0 Å². The van der Waals surface area contributed by atoms with Gasteiger partial charge in [0, 0.05) is 0 Å². The summed E-state index contributed by atoms with van der Waals surface area (Å²) in [6.07, 6.45) is 1.44. The van der Waals surface area contributed by atoms with Crippen LogP contribution in [0.25, 0.3) is 0 Å². The first kappa shape index (κ1) is 18.5. The summed E-state index contributed by atoms with van der Waals surface area (Å²) in [7, 11) is 1.31. The van der Waals surface area contributed by atoms with Gasteiger partial charge in [-0.3, -0.25) is 0 Å². The first-order valence-corrected chi connectivity index (χ1v) is 8.28. The van der Waals surface area contributed by atoms with E-state index in [1.165, 1.54) is 12.7 Å². The van der Waals surface area contributed by atoms with Crippen LogP contribution in [0.15, 0.2) is 60.7 Å². The van der Waals surface area contributed by atoms with Gasteiger partial charge in [0.15, 0.2) is 0 Å². The van der Waals surface area contributed by atoms with E-state index in [0.29, 0.717) is 6.42 Å². The maximum Gasteiger partial charge on any atom is 0.408 e. The molecule has 0 radical (unpaired) electrons. The first-order valence-electron chi connectivity index (χ1n) is 8.28. The topological polar surface area (TPSA) is 64.6 Å². The molecule has 0 saturated heterocycles. The Morgan fingerprint density at radius 3 is 2.16 bits per heavy atom. The minimum absolute atomic E-state index is 0.157. The molecule has 1 amide bonds. The Labute approximate surface area is 148 Å². The van der Waals surface area contributed by atoms with Gasteiger partial charge < -0.3 is 14.8 Å². The number of hydrogen-bond acceptors (Lipinski definition) is 4. The van der Waals surface area contributed by atoms with Crippen molar-refractivity contribution in [3.63, 3.8) is 0 Å². The largest absolute Gasteiger partial charge is 0.467 e. The summed E-state index contributed by atoms with van der Waals surface area (Å²) >= 11 is 0. The van der Waals surface area contributed by atoms with Gasteiger partial charge in [-0.05, 0) is 30.4 Å². The number of hydrogen-bond donors (Lipinski definition) is 1. The molecule has 0 heterocycles. The summed E-state index contributed by atoms with van der Waals surface area (Å²) in [5, 5.41) is 2.59. The Kier molecular flexibility index (Phi) is 7.50. The highest BCUT2D eigenvalue weighted by Gasteiger charge is 2.21. The van der Waals surface area contributed by atoms with Gasteiger partial charge in [0.1, 0.15) is 12.6 Å². The first-order chi connectivity index (χ1) is 12.2. The van der Waals surface area contributed by atoms with Crippen molar-refractivity contribution in [2.24, 2.45) is 0 Å². The lowest BCUT2D eigenvalue weighted by Crippen LogP contribution is -2.41. The van der Waals surface area contributed by atoms with Crippen molar-refractivity contribution in [2.45, 2.75) is 31.9 Å². The average Bonchev–Trinajstić information content (AvgIpc) is 2.66. The monoisotopic (exact) mass is 341 g/mol. The highest BCUT2D eigenvalue weighted by molar-refractivity contribution is 5.81. The molecule has 2 aromatic carbocycles. The molecule has 5 heteroatoms. The second-order valence-electron chi connectivity index (χ2n) is 5.66. The lowest BCUT2D eigenvalue weighted by Gasteiger charge is -2.16. The van der Waals surface area contributed by atoms with Crippen LogP contribution in [-0.4, -0.2) is 25.2 Å². The van der Waals surface area contributed by atoms with Crippen LogP contribution in [0.3, 0.4) is 0 Å². The summed E-state index contributed by atoms with van der Waals surface area (Å²) in [6.45, 7) is 0.157. The number of rotatable bonds is 8. The number of ether oxygens (including phenoxy) is 2. The molecule has 0 aliphatic heterocycles. The quantitative estimate of drug-likeness (QED) is 0.747. The Balaban J connectivity index is 1.80. The molecule has 2 rings (SSSR count). The van der Waals surface area contributed by atoms with Crippen LogP contribution in [0, 0.1) is 0 Å². The molecule has 1 unspecified atom stereocenters. The van der Waals surface area contributed by atoms with Crippen LogP contribution in [-0.2, 0) is 27.3 Å². The fourth-order valence-electron chi connectivity index (χ4n) is 2.45. The number of carbonyl (C=O) groups is 2.